The predicted molar refractivity (Wildman–Crippen MR) is 98.6 cm³/mol. The molecule has 0 aromatic carbocycles. The first-order chi connectivity index (χ1) is 11.8. The molecule has 1 saturated heterocycles. The highest BCUT2D eigenvalue weighted by atomic mass is 16.5. The van der Waals surface area contributed by atoms with Gasteiger partial charge < -0.3 is 19.7 Å². The Labute approximate surface area is 149 Å². The smallest absolute Gasteiger partial charge is 0.158 e. The molecule has 2 aromatic rings. The lowest BCUT2D eigenvalue weighted by molar-refractivity contribution is 0.0432. The van der Waals surface area contributed by atoms with Crippen molar-refractivity contribution in [1.82, 2.24) is 19.9 Å². The zero-order chi connectivity index (χ0) is 18.2. The first-order valence-electron chi connectivity index (χ1n) is 9.07. The summed E-state index contributed by atoms with van der Waals surface area (Å²) in [6.45, 7) is 6.66. The second-order valence-electron chi connectivity index (χ2n) is 8.06. The molecule has 1 aliphatic heterocycles. The quantitative estimate of drug-likeness (QED) is 0.893. The van der Waals surface area contributed by atoms with Crippen LogP contribution < -0.4 is 5.32 Å². The summed E-state index contributed by atoms with van der Waals surface area (Å²) in [6, 6.07) is 2.14. The molecule has 3 rings (SSSR count). The fraction of sp³-hybridized carbons (Fsp3) is 0.684. The van der Waals surface area contributed by atoms with Crippen molar-refractivity contribution in [2.75, 3.05) is 13.7 Å². The standard InChI is InChI=1S/C19H30N4O2/c1-19(2,3)17-9-13-18(23(17)4)22-14(10-20-13)12-7-6-8-16(25-5)15(11-24)21-12/h9-10,12,15-16,21,24H,6-8,11H2,1-5H3/t12-,15-,16+/m0/s1. The molecule has 6 nitrogen and oxygen atoms in total. The van der Waals surface area contributed by atoms with E-state index in [2.05, 4.69) is 48.8 Å². The molecular weight excluding hydrogens is 316 g/mol. The maximum absolute atomic E-state index is 9.71. The molecule has 0 spiro atoms. The van der Waals surface area contributed by atoms with Crippen LogP contribution in [0.3, 0.4) is 0 Å². The molecule has 6 heteroatoms. The number of aliphatic hydroxyl groups is 1. The van der Waals surface area contributed by atoms with Gasteiger partial charge in [-0.2, -0.15) is 0 Å². The van der Waals surface area contributed by atoms with Gasteiger partial charge in [0.2, 0.25) is 0 Å². The van der Waals surface area contributed by atoms with E-state index < -0.39 is 0 Å². The molecule has 0 unspecified atom stereocenters. The lowest BCUT2D eigenvalue weighted by Crippen LogP contribution is -2.43. The largest absolute Gasteiger partial charge is 0.395 e. The third-order valence-corrected chi connectivity index (χ3v) is 5.22. The van der Waals surface area contributed by atoms with Gasteiger partial charge in [0, 0.05) is 25.3 Å². The summed E-state index contributed by atoms with van der Waals surface area (Å²) in [5.41, 5.74) is 4.05. The number of nitrogens with one attached hydrogen (secondary N) is 1. The Bertz CT molecular complexity index is 735. The van der Waals surface area contributed by atoms with E-state index in [1.54, 1.807) is 7.11 Å². The molecule has 1 fully saturated rings. The number of hydrogen-bond acceptors (Lipinski definition) is 5. The number of methoxy groups -OCH3 is 1. The Balaban J connectivity index is 1.94. The number of nitrogens with zero attached hydrogens (tertiary/aromatic N) is 3. The summed E-state index contributed by atoms with van der Waals surface area (Å²) >= 11 is 0. The van der Waals surface area contributed by atoms with E-state index in [1.807, 2.05) is 6.20 Å². The lowest BCUT2D eigenvalue weighted by Gasteiger charge is -2.25. The lowest BCUT2D eigenvalue weighted by atomic mass is 9.92. The first kappa shape index (κ1) is 18.3. The minimum atomic E-state index is -0.0754. The molecule has 2 N–H and O–H groups in total. The molecule has 0 bridgehead atoms. The zero-order valence-corrected chi connectivity index (χ0v) is 15.9. The minimum absolute atomic E-state index is 0.0363. The summed E-state index contributed by atoms with van der Waals surface area (Å²) in [6.07, 6.45) is 4.85. The van der Waals surface area contributed by atoms with Crippen LogP contribution in [-0.2, 0) is 17.2 Å². The highest BCUT2D eigenvalue weighted by molar-refractivity contribution is 5.73. The maximum atomic E-state index is 9.71. The van der Waals surface area contributed by atoms with Crippen molar-refractivity contribution in [3.8, 4) is 0 Å². The second-order valence-corrected chi connectivity index (χ2v) is 8.06. The third kappa shape index (κ3) is 3.57. The summed E-state index contributed by atoms with van der Waals surface area (Å²) < 4.78 is 7.67. The van der Waals surface area contributed by atoms with Crippen molar-refractivity contribution in [2.24, 2.45) is 7.05 Å². The number of hydrogen-bond donors (Lipinski definition) is 2. The fourth-order valence-electron chi connectivity index (χ4n) is 3.84. The van der Waals surface area contributed by atoms with Crippen LogP contribution in [-0.4, -0.2) is 45.5 Å². The van der Waals surface area contributed by atoms with E-state index in [9.17, 15) is 5.11 Å². The van der Waals surface area contributed by atoms with Crippen LogP contribution in [0, 0.1) is 0 Å². The number of aromatic nitrogens is 3. The first-order valence-corrected chi connectivity index (χ1v) is 9.07. The van der Waals surface area contributed by atoms with Gasteiger partial charge in [0.1, 0.15) is 5.52 Å². The molecule has 0 aliphatic carbocycles. The van der Waals surface area contributed by atoms with Crippen LogP contribution in [0.25, 0.3) is 11.2 Å². The zero-order valence-electron chi connectivity index (χ0n) is 15.9. The van der Waals surface area contributed by atoms with Gasteiger partial charge in [-0.1, -0.05) is 20.8 Å². The van der Waals surface area contributed by atoms with Crippen molar-refractivity contribution in [1.29, 1.82) is 0 Å². The van der Waals surface area contributed by atoms with Gasteiger partial charge in [-0.3, -0.25) is 4.98 Å². The van der Waals surface area contributed by atoms with Crippen LogP contribution in [0.1, 0.15) is 57.5 Å². The van der Waals surface area contributed by atoms with Gasteiger partial charge >= 0.3 is 0 Å². The summed E-state index contributed by atoms with van der Waals surface area (Å²) in [5.74, 6) is 0. The van der Waals surface area contributed by atoms with Gasteiger partial charge in [0.25, 0.3) is 0 Å². The normalized spacial score (nSPS) is 25.3. The van der Waals surface area contributed by atoms with Gasteiger partial charge in [-0.25, -0.2) is 4.98 Å². The monoisotopic (exact) mass is 346 g/mol. The van der Waals surface area contributed by atoms with Crippen LogP contribution in [0.4, 0.5) is 0 Å². The molecule has 0 amide bonds. The summed E-state index contributed by atoms with van der Waals surface area (Å²) in [4.78, 5) is 9.56. The number of fused-ring (bicyclic) bond motifs is 1. The van der Waals surface area contributed by atoms with Crippen LogP contribution in [0.2, 0.25) is 0 Å². The van der Waals surface area contributed by atoms with Crippen molar-refractivity contribution < 1.29 is 9.84 Å². The van der Waals surface area contributed by atoms with E-state index in [0.29, 0.717) is 0 Å². The topological polar surface area (TPSA) is 72.2 Å². The molecule has 1 aliphatic rings. The van der Waals surface area contributed by atoms with Crippen LogP contribution in [0.5, 0.6) is 0 Å². The molecular formula is C19H30N4O2. The summed E-state index contributed by atoms with van der Waals surface area (Å²) in [7, 11) is 3.76. The Hall–Kier alpha value is -1.50. The minimum Gasteiger partial charge on any atom is -0.395 e. The van der Waals surface area contributed by atoms with E-state index in [-0.39, 0.29) is 30.2 Å². The van der Waals surface area contributed by atoms with E-state index in [1.165, 1.54) is 5.69 Å². The van der Waals surface area contributed by atoms with Crippen molar-refractivity contribution in [3.05, 3.63) is 23.7 Å². The number of aliphatic hydroxyl groups excluding tert-OH is 1. The average Bonchev–Trinajstić information content (AvgIpc) is 2.79. The van der Waals surface area contributed by atoms with Gasteiger partial charge in [-0.05, 0) is 25.3 Å². The predicted octanol–water partition coefficient (Wildman–Crippen LogP) is 2.46. The maximum Gasteiger partial charge on any atom is 0.158 e. The molecule has 3 atom stereocenters. The van der Waals surface area contributed by atoms with Crippen molar-refractivity contribution >= 4 is 11.2 Å². The fourth-order valence-corrected chi connectivity index (χ4v) is 3.84. The highest BCUT2D eigenvalue weighted by Crippen LogP contribution is 2.29. The van der Waals surface area contributed by atoms with E-state index in [4.69, 9.17) is 9.72 Å². The molecule has 0 radical (unpaired) electrons. The van der Waals surface area contributed by atoms with Gasteiger partial charge in [-0.15, -0.1) is 0 Å². The molecule has 138 valence electrons. The molecule has 0 saturated carbocycles. The molecule has 2 aromatic heterocycles. The molecule has 3 heterocycles. The number of aryl methyl sites for hydroxylation is 1. The van der Waals surface area contributed by atoms with Gasteiger partial charge in [0.15, 0.2) is 5.65 Å². The van der Waals surface area contributed by atoms with Crippen molar-refractivity contribution in [2.45, 2.75) is 63.6 Å². The number of ether oxygens (including phenoxy) is 1. The van der Waals surface area contributed by atoms with Gasteiger partial charge in [0.05, 0.1) is 36.7 Å². The van der Waals surface area contributed by atoms with Crippen LogP contribution >= 0.6 is 0 Å². The Morgan fingerprint density at radius 2 is 2.12 bits per heavy atom. The molecule has 25 heavy (non-hydrogen) atoms. The number of rotatable bonds is 3. The summed E-state index contributed by atoms with van der Waals surface area (Å²) in [5, 5.41) is 13.2. The van der Waals surface area contributed by atoms with Crippen molar-refractivity contribution in [3.63, 3.8) is 0 Å². The highest BCUT2D eigenvalue weighted by Gasteiger charge is 2.29. The third-order valence-electron chi connectivity index (χ3n) is 5.22. The SMILES string of the molecule is CO[C@@H]1CCC[C@@H](c2cnc3cc(C(C)(C)C)n(C)c3n2)N[C@H]1CO. The van der Waals surface area contributed by atoms with E-state index >= 15 is 0 Å². The Morgan fingerprint density at radius 1 is 1.36 bits per heavy atom. The second kappa shape index (κ2) is 7.02. The Kier molecular flexibility index (Phi) is 5.14. The van der Waals surface area contributed by atoms with Crippen LogP contribution in [0.15, 0.2) is 12.3 Å². The Morgan fingerprint density at radius 3 is 2.76 bits per heavy atom. The average molecular weight is 346 g/mol. The van der Waals surface area contributed by atoms with E-state index in [0.717, 1.165) is 36.1 Å².